The number of ether oxygens (including phenoxy) is 3. The van der Waals surface area contributed by atoms with Gasteiger partial charge in [0.25, 0.3) is 0 Å². The standard InChI is InChI=1S/C63H110O6/c1-4-7-10-13-16-19-22-25-28-30-31-33-35-38-41-44-47-50-53-56-62(65)68-59-60(58-67-61(64)55-52-49-46-43-40-37-34-27-24-21-18-15-12-9-6-3)69-63(66)57-54-51-48-45-42-39-36-32-29-26-23-20-17-14-11-8-5-2/h16-17,19-20,25-26,28-29,31,33,38,41,60H,4-15,18,21-24,27,30,32,34-37,39-40,42-59H2,1-3H3/b19-16-,20-17-,28-25-,29-26-,33-31-,41-38-/t60-/m1/s1. The number of carbonyl (C=O) groups is 3. The molecule has 0 aromatic heterocycles. The van der Waals surface area contributed by atoms with Crippen molar-refractivity contribution in [1.82, 2.24) is 0 Å². The molecule has 6 nitrogen and oxygen atoms in total. The first kappa shape index (κ1) is 65.8. The smallest absolute Gasteiger partial charge is 0.306 e. The van der Waals surface area contributed by atoms with Crippen molar-refractivity contribution >= 4 is 17.9 Å². The summed E-state index contributed by atoms with van der Waals surface area (Å²) < 4.78 is 16.9. The molecule has 0 unspecified atom stereocenters. The summed E-state index contributed by atoms with van der Waals surface area (Å²) in [5, 5.41) is 0. The largest absolute Gasteiger partial charge is 0.462 e. The van der Waals surface area contributed by atoms with Crippen molar-refractivity contribution in [3.8, 4) is 0 Å². The molecule has 0 saturated heterocycles. The number of esters is 3. The molecule has 0 aliphatic rings. The maximum absolute atomic E-state index is 12.9. The normalized spacial score (nSPS) is 12.6. The van der Waals surface area contributed by atoms with Gasteiger partial charge in [0.15, 0.2) is 6.10 Å². The van der Waals surface area contributed by atoms with Gasteiger partial charge in [-0.25, -0.2) is 0 Å². The Morgan fingerprint density at radius 2 is 0.522 bits per heavy atom. The van der Waals surface area contributed by atoms with Crippen LogP contribution in [0, 0.1) is 0 Å². The highest BCUT2D eigenvalue weighted by Crippen LogP contribution is 2.16. The highest BCUT2D eigenvalue weighted by atomic mass is 16.6. The summed E-state index contributed by atoms with van der Waals surface area (Å²) in [5.74, 6) is -0.916. The fourth-order valence-electron chi connectivity index (χ4n) is 8.22. The van der Waals surface area contributed by atoms with Crippen LogP contribution in [-0.2, 0) is 28.6 Å². The molecule has 0 aromatic carbocycles. The van der Waals surface area contributed by atoms with Crippen molar-refractivity contribution in [3.63, 3.8) is 0 Å². The molecule has 1 atom stereocenters. The molecule has 0 aliphatic heterocycles. The highest BCUT2D eigenvalue weighted by Gasteiger charge is 2.19. The highest BCUT2D eigenvalue weighted by molar-refractivity contribution is 5.71. The van der Waals surface area contributed by atoms with Gasteiger partial charge in [0, 0.05) is 19.3 Å². The Labute approximate surface area is 427 Å². The maximum atomic E-state index is 12.9. The van der Waals surface area contributed by atoms with Crippen molar-refractivity contribution < 1.29 is 28.6 Å². The first-order valence-corrected chi connectivity index (χ1v) is 29.4. The number of hydrogen-bond acceptors (Lipinski definition) is 6. The van der Waals surface area contributed by atoms with Crippen LogP contribution in [0.4, 0.5) is 0 Å². The van der Waals surface area contributed by atoms with E-state index in [0.29, 0.717) is 19.3 Å². The van der Waals surface area contributed by atoms with Crippen LogP contribution in [-0.4, -0.2) is 37.2 Å². The molecule has 0 radical (unpaired) electrons. The van der Waals surface area contributed by atoms with Gasteiger partial charge in [0.2, 0.25) is 0 Å². The zero-order valence-corrected chi connectivity index (χ0v) is 45.6. The van der Waals surface area contributed by atoms with Crippen LogP contribution in [0.25, 0.3) is 0 Å². The molecular formula is C63H110O6. The van der Waals surface area contributed by atoms with E-state index in [1.54, 1.807) is 0 Å². The molecule has 0 fully saturated rings. The van der Waals surface area contributed by atoms with Crippen molar-refractivity contribution in [2.24, 2.45) is 0 Å². The molecule has 0 saturated carbocycles. The molecule has 0 aromatic rings. The van der Waals surface area contributed by atoms with E-state index in [2.05, 4.69) is 93.7 Å². The maximum Gasteiger partial charge on any atom is 0.306 e. The van der Waals surface area contributed by atoms with Crippen LogP contribution in [0.3, 0.4) is 0 Å². The van der Waals surface area contributed by atoms with E-state index in [9.17, 15) is 14.4 Å². The molecule has 0 rings (SSSR count). The molecular weight excluding hydrogens is 853 g/mol. The molecule has 0 N–H and O–H groups in total. The van der Waals surface area contributed by atoms with E-state index in [0.717, 1.165) is 96.3 Å². The van der Waals surface area contributed by atoms with Crippen LogP contribution in [0.5, 0.6) is 0 Å². The fraction of sp³-hybridized carbons (Fsp3) is 0.762. The molecule has 6 heteroatoms. The van der Waals surface area contributed by atoms with E-state index in [-0.39, 0.29) is 31.1 Å². The third kappa shape index (κ3) is 55.6. The second kappa shape index (κ2) is 57.4. The Morgan fingerprint density at radius 3 is 0.855 bits per heavy atom. The molecule has 0 aliphatic carbocycles. The van der Waals surface area contributed by atoms with E-state index >= 15 is 0 Å². The number of carbonyl (C=O) groups excluding carboxylic acids is 3. The van der Waals surface area contributed by atoms with Crippen LogP contribution in [0.15, 0.2) is 72.9 Å². The minimum Gasteiger partial charge on any atom is -0.462 e. The summed E-state index contributed by atoms with van der Waals surface area (Å²) in [6.45, 7) is 6.58. The SMILES string of the molecule is CCCCC/C=C\C/C=C\C/C=C\C/C=C\CCCCCC(=O)OC[C@@H](COC(=O)CCCCCCCCCCCCCCCCC)OC(=O)CCCCCCCCC/C=C\C/C=C\CCCCC. The summed E-state index contributed by atoms with van der Waals surface area (Å²) in [4.78, 5) is 38.2. The zero-order chi connectivity index (χ0) is 50.0. The third-order valence-electron chi connectivity index (χ3n) is 12.7. The Kier molecular flexibility index (Phi) is 54.8. The van der Waals surface area contributed by atoms with E-state index in [4.69, 9.17) is 14.2 Å². The molecule has 0 spiro atoms. The number of rotatable bonds is 53. The lowest BCUT2D eigenvalue weighted by Crippen LogP contribution is -2.30. The summed E-state index contributed by atoms with van der Waals surface area (Å²) in [6.07, 6.45) is 73.1. The van der Waals surface area contributed by atoms with Crippen LogP contribution in [0.1, 0.15) is 290 Å². The van der Waals surface area contributed by atoms with Gasteiger partial charge in [0.1, 0.15) is 13.2 Å². The van der Waals surface area contributed by atoms with E-state index < -0.39 is 6.10 Å². The number of unbranched alkanes of at least 4 members (excludes halogenated alkanes) is 30. The molecule has 0 amide bonds. The number of allylic oxidation sites excluding steroid dienone is 12. The van der Waals surface area contributed by atoms with Gasteiger partial charge < -0.3 is 14.2 Å². The second-order valence-corrected chi connectivity index (χ2v) is 19.6. The Bertz CT molecular complexity index is 1290. The third-order valence-corrected chi connectivity index (χ3v) is 12.7. The second-order valence-electron chi connectivity index (χ2n) is 19.6. The average Bonchev–Trinajstić information content (AvgIpc) is 3.35. The van der Waals surface area contributed by atoms with E-state index in [1.165, 1.54) is 154 Å². The topological polar surface area (TPSA) is 78.9 Å². The zero-order valence-electron chi connectivity index (χ0n) is 45.6. The fourth-order valence-corrected chi connectivity index (χ4v) is 8.22. The minimum absolute atomic E-state index is 0.0867. The van der Waals surface area contributed by atoms with Gasteiger partial charge >= 0.3 is 17.9 Å². The van der Waals surface area contributed by atoms with Gasteiger partial charge in [-0.15, -0.1) is 0 Å². The van der Waals surface area contributed by atoms with Crippen molar-refractivity contribution in [1.29, 1.82) is 0 Å². The Morgan fingerprint density at radius 1 is 0.290 bits per heavy atom. The first-order valence-electron chi connectivity index (χ1n) is 29.4. The molecule has 398 valence electrons. The monoisotopic (exact) mass is 963 g/mol. The molecule has 0 heterocycles. The summed E-state index contributed by atoms with van der Waals surface area (Å²) in [5.41, 5.74) is 0. The summed E-state index contributed by atoms with van der Waals surface area (Å²) in [6, 6.07) is 0. The lowest BCUT2D eigenvalue weighted by Gasteiger charge is -2.18. The van der Waals surface area contributed by atoms with Crippen LogP contribution >= 0.6 is 0 Å². The van der Waals surface area contributed by atoms with Crippen molar-refractivity contribution in [2.75, 3.05) is 13.2 Å². The minimum atomic E-state index is -0.792. The molecule has 0 bridgehead atoms. The van der Waals surface area contributed by atoms with Gasteiger partial charge in [-0.2, -0.15) is 0 Å². The van der Waals surface area contributed by atoms with Crippen molar-refractivity contribution in [2.45, 2.75) is 297 Å². The Balaban J connectivity index is 4.44. The molecule has 69 heavy (non-hydrogen) atoms. The van der Waals surface area contributed by atoms with Gasteiger partial charge in [-0.1, -0.05) is 248 Å². The average molecular weight is 964 g/mol. The van der Waals surface area contributed by atoms with Crippen LogP contribution in [0.2, 0.25) is 0 Å². The number of hydrogen-bond donors (Lipinski definition) is 0. The van der Waals surface area contributed by atoms with Gasteiger partial charge in [-0.3, -0.25) is 14.4 Å². The van der Waals surface area contributed by atoms with Gasteiger partial charge in [-0.05, 0) is 96.3 Å². The predicted molar refractivity (Wildman–Crippen MR) is 298 cm³/mol. The first-order chi connectivity index (χ1) is 34.0. The lowest BCUT2D eigenvalue weighted by molar-refractivity contribution is -0.167. The summed E-state index contributed by atoms with van der Waals surface area (Å²) >= 11 is 0. The van der Waals surface area contributed by atoms with Crippen LogP contribution < -0.4 is 0 Å². The van der Waals surface area contributed by atoms with Crippen molar-refractivity contribution in [3.05, 3.63) is 72.9 Å². The van der Waals surface area contributed by atoms with E-state index in [1.807, 2.05) is 0 Å². The van der Waals surface area contributed by atoms with Gasteiger partial charge in [0.05, 0.1) is 0 Å². The predicted octanol–water partition coefficient (Wildman–Crippen LogP) is 19.8. The Hall–Kier alpha value is -3.15. The lowest BCUT2D eigenvalue weighted by atomic mass is 10.0. The quantitative estimate of drug-likeness (QED) is 0.0262. The summed E-state index contributed by atoms with van der Waals surface area (Å²) in [7, 11) is 0.